The van der Waals surface area contributed by atoms with Crippen molar-refractivity contribution in [1.82, 2.24) is 4.90 Å². The maximum absolute atomic E-state index is 13.2. The number of para-hydroxylation sites is 1. The second-order valence-corrected chi connectivity index (χ2v) is 10.2. The van der Waals surface area contributed by atoms with Crippen LogP contribution in [0.2, 0.25) is 5.02 Å². The second-order valence-electron chi connectivity index (χ2n) is 9.72. The molecular formula is C31H27ClN2O6. The predicted molar refractivity (Wildman–Crippen MR) is 156 cm³/mol. The summed E-state index contributed by atoms with van der Waals surface area (Å²) >= 11 is 6.17. The molecule has 3 aromatic carbocycles. The molecule has 204 valence electrons. The third-order valence-electron chi connectivity index (χ3n) is 7.23. The van der Waals surface area contributed by atoms with Crippen LogP contribution in [0.15, 0.2) is 85.2 Å². The maximum atomic E-state index is 13.2. The van der Waals surface area contributed by atoms with E-state index in [0.717, 1.165) is 31.9 Å². The van der Waals surface area contributed by atoms with Crippen LogP contribution in [0.1, 0.15) is 12.5 Å². The van der Waals surface area contributed by atoms with Gasteiger partial charge in [0.25, 0.3) is 0 Å². The lowest BCUT2D eigenvalue weighted by atomic mass is 9.99. The van der Waals surface area contributed by atoms with Gasteiger partial charge in [-0.25, -0.2) is 9.59 Å². The second kappa shape index (κ2) is 10.7. The fraction of sp³-hybridized carbons (Fsp3) is 0.226. The van der Waals surface area contributed by atoms with Gasteiger partial charge in [0.15, 0.2) is 11.3 Å². The number of ether oxygens (including phenoxy) is 1. The third kappa shape index (κ3) is 4.92. The Bertz CT molecular complexity index is 1840. The molecule has 0 saturated carbocycles. The normalized spacial score (nSPS) is 14.2. The summed E-state index contributed by atoms with van der Waals surface area (Å²) in [6, 6.07) is 19.4. The summed E-state index contributed by atoms with van der Waals surface area (Å²) in [4.78, 5) is 30.4. The van der Waals surface area contributed by atoms with Gasteiger partial charge in [-0.1, -0.05) is 29.8 Å². The van der Waals surface area contributed by atoms with Crippen molar-refractivity contribution in [1.29, 1.82) is 0 Å². The first kappa shape index (κ1) is 26.0. The van der Waals surface area contributed by atoms with E-state index < -0.39 is 11.3 Å². The molecule has 1 aliphatic rings. The number of phenols is 1. The number of piperazine rings is 1. The van der Waals surface area contributed by atoms with Gasteiger partial charge in [-0.3, -0.25) is 4.90 Å². The van der Waals surface area contributed by atoms with Gasteiger partial charge < -0.3 is 23.6 Å². The number of rotatable bonds is 6. The monoisotopic (exact) mass is 558 g/mol. The van der Waals surface area contributed by atoms with Crippen molar-refractivity contribution < 1.29 is 18.7 Å². The zero-order chi connectivity index (χ0) is 27.8. The summed E-state index contributed by atoms with van der Waals surface area (Å²) in [5, 5.41) is 12.7. The fourth-order valence-corrected chi connectivity index (χ4v) is 5.47. The van der Waals surface area contributed by atoms with E-state index in [-0.39, 0.29) is 16.9 Å². The van der Waals surface area contributed by atoms with Crippen molar-refractivity contribution in [2.24, 2.45) is 0 Å². The number of aromatic hydroxyl groups is 1. The molecule has 9 heteroatoms. The van der Waals surface area contributed by atoms with Crippen LogP contribution in [-0.2, 0) is 6.54 Å². The first-order valence-corrected chi connectivity index (χ1v) is 13.5. The average Bonchev–Trinajstić information content (AvgIpc) is 2.95. The molecule has 0 atom stereocenters. The molecule has 40 heavy (non-hydrogen) atoms. The first-order valence-electron chi connectivity index (χ1n) is 13.1. The number of hydrogen-bond donors (Lipinski definition) is 1. The summed E-state index contributed by atoms with van der Waals surface area (Å²) in [7, 11) is 0. The highest BCUT2D eigenvalue weighted by Gasteiger charge is 2.23. The minimum atomic E-state index is -0.623. The zero-order valence-corrected chi connectivity index (χ0v) is 22.6. The van der Waals surface area contributed by atoms with Crippen molar-refractivity contribution in [2.75, 3.05) is 37.7 Å². The Morgan fingerprint density at radius 2 is 1.70 bits per heavy atom. The van der Waals surface area contributed by atoms with Crippen molar-refractivity contribution in [3.63, 3.8) is 0 Å². The Morgan fingerprint density at radius 3 is 2.48 bits per heavy atom. The molecule has 6 rings (SSSR count). The molecule has 1 saturated heterocycles. The molecule has 0 bridgehead atoms. The van der Waals surface area contributed by atoms with Crippen molar-refractivity contribution in [2.45, 2.75) is 13.5 Å². The van der Waals surface area contributed by atoms with E-state index in [9.17, 15) is 14.7 Å². The van der Waals surface area contributed by atoms with E-state index in [4.69, 9.17) is 25.2 Å². The van der Waals surface area contributed by atoms with Crippen molar-refractivity contribution in [3.8, 4) is 22.6 Å². The minimum Gasteiger partial charge on any atom is -0.507 e. The Labute approximate surface area is 234 Å². The standard InChI is InChI=1S/C31H27ClN2O6/c1-2-38-27-8-3-5-19-15-24(31(37)40-29(19)27)23-17-28(36)39-30-22(23)9-10-26(35)25(30)18-33-11-13-34(14-12-33)21-7-4-6-20(32)16-21/h3-10,15-17,35H,2,11-14,18H2,1H3. The van der Waals surface area contributed by atoms with Crippen LogP contribution in [-0.4, -0.2) is 42.8 Å². The van der Waals surface area contributed by atoms with E-state index in [1.165, 1.54) is 6.07 Å². The molecule has 0 amide bonds. The molecule has 1 N–H and O–H groups in total. The largest absolute Gasteiger partial charge is 0.507 e. The van der Waals surface area contributed by atoms with Crippen LogP contribution in [0.4, 0.5) is 5.69 Å². The van der Waals surface area contributed by atoms with E-state index >= 15 is 0 Å². The van der Waals surface area contributed by atoms with Crippen LogP contribution in [0.5, 0.6) is 11.5 Å². The number of fused-ring (bicyclic) bond motifs is 2. The van der Waals surface area contributed by atoms with Crippen LogP contribution in [0.25, 0.3) is 33.1 Å². The summed E-state index contributed by atoms with van der Waals surface area (Å²) in [6.45, 7) is 5.70. The molecule has 8 nitrogen and oxygen atoms in total. The Morgan fingerprint density at radius 1 is 0.900 bits per heavy atom. The highest BCUT2D eigenvalue weighted by Crippen LogP contribution is 2.35. The molecule has 5 aromatic rings. The topological polar surface area (TPSA) is 96.4 Å². The summed E-state index contributed by atoms with van der Waals surface area (Å²) in [5.74, 6) is 0.501. The number of halogens is 1. The molecule has 0 spiro atoms. The van der Waals surface area contributed by atoms with E-state index in [1.807, 2.05) is 43.3 Å². The Kier molecular flexibility index (Phi) is 6.96. The summed E-state index contributed by atoms with van der Waals surface area (Å²) < 4.78 is 16.9. The zero-order valence-electron chi connectivity index (χ0n) is 21.9. The van der Waals surface area contributed by atoms with Gasteiger partial charge in [0, 0.05) is 65.8 Å². The molecular weight excluding hydrogens is 532 g/mol. The molecule has 2 aromatic heterocycles. The van der Waals surface area contributed by atoms with Gasteiger partial charge in [-0.2, -0.15) is 0 Å². The lowest BCUT2D eigenvalue weighted by molar-refractivity contribution is 0.246. The fourth-order valence-electron chi connectivity index (χ4n) is 5.28. The van der Waals surface area contributed by atoms with Crippen molar-refractivity contribution in [3.05, 3.63) is 98.2 Å². The van der Waals surface area contributed by atoms with Gasteiger partial charge in [-0.05, 0) is 49.4 Å². The lowest BCUT2D eigenvalue weighted by Gasteiger charge is -2.36. The Balaban J connectivity index is 1.36. The maximum Gasteiger partial charge on any atom is 0.344 e. The van der Waals surface area contributed by atoms with Gasteiger partial charge in [0.05, 0.1) is 17.7 Å². The number of phenolic OH excluding ortho intramolecular Hbond substituents is 1. The van der Waals surface area contributed by atoms with Crippen LogP contribution in [0.3, 0.4) is 0 Å². The van der Waals surface area contributed by atoms with Gasteiger partial charge >= 0.3 is 11.3 Å². The predicted octanol–water partition coefficient (Wildman–Crippen LogP) is 5.65. The summed E-state index contributed by atoms with van der Waals surface area (Å²) in [6.07, 6.45) is 0. The first-order chi connectivity index (χ1) is 19.4. The smallest absolute Gasteiger partial charge is 0.344 e. The molecule has 0 unspecified atom stereocenters. The quantitative estimate of drug-likeness (QED) is 0.267. The van der Waals surface area contributed by atoms with Crippen LogP contribution >= 0.6 is 11.6 Å². The van der Waals surface area contributed by atoms with Gasteiger partial charge in [0.2, 0.25) is 0 Å². The van der Waals surface area contributed by atoms with Gasteiger partial charge in [-0.15, -0.1) is 0 Å². The number of anilines is 1. The molecule has 0 aliphatic carbocycles. The molecule has 0 radical (unpaired) electrons. The number of benzene rings is 3. The molecule has 3 heterocycles. The van der Waals surface area contributed by atoms with Crippen LogP contribution in [0, 0.1) is 0 Å². The van der Waals surface area contributed by atoms with Crippen molar-refractivity contribution >= 4 is 39.2 Å². The van der Waals surface area contributed by atoms with E-state index in [2.05, 4.69) is 9.80 Å². The van der Waals surface area contributed by atoms with Gasteiger partial charge in [0.1, 0.15) is 11.3 Å². The highest BCUT2D eigenvalue weighted by atomic mass is 35.5. The molecule has 1 fully saturated rings. The van der Waals surface area contributed by atoms with E-state index in [0.29, 0.717) is 51.4 Å². The third-order valence-corrected chi connectivity index (χ3v) is 7.47. The number of nitrogens with zero attached hydrogens (tertiary/aromatic N) is 2. The minimum absolute atomic E-state index is 0.0250. The van der Waals surface area contributed by atoms with Crippen LogP contribution < -0.4 is 20.9 Å². The number of hydrogen-bond acceptors (Lipinski definition) is 8. The summed E-state index contributed by atoms with van der Waals surface area (Å²) in [5.41, 5.74) is 1.56. The lowest BCUT2D eigenvalue weighted by Crippen LogP contribution is -2.46. The highest BCUT2D eigenvalue weighted by molar-refractivity contribution is 6.30. The SMILES string of the molecule is CCOc1cccc2cc(-c3cc(=O)oc4c(CN5CCN(c6cccc(Cl)c6)CC5)c(O)ccc34)c(=O)oc12. The molecule has 1 aliphatic heterocycles. The van der Waals surface area contributed by atoms with E-state index in [1.54, 1.807) is 24.3 Å². The average molecular weight is 559 g/mol. The Hall–Kier alpha value is -4.27.